The van der Waals surface area contributed by atoms with Crippen LogP contribution in [0.4, 0.5) is 0 Å². The van der Waals surface area contributed by atoms with Gasteiger partial charge in [-0.15, -0.1) is 0 Å². The van der Waals surface area contributed by atoms with Crippen molar-refractivity contribution in [3.63, 3.8) is 0 Å². The van der Waals surface area contributed by atoms with E-state index in [4.69, 9.17) is 0 Å². The van der Waals surface area contributed by atoms with Gasteiger partial charge in [0.25, 0.3) is 0 Å². The lowest BCUT2D eigenvalue weighted by molar-refractivity contribution is 0.369. The summed E-state index contributed by atoms with van der Waals surface area (Å²) in [7, 11) is 0. The summed E-state index contributed by atoms with van der Waals surface area (Å²) in [5.74, 6) is 0. The van der Waals surface area contributed by atoms with Gasteiger partial charge in [0, 0.05) is 5.41 Å². The molecule has 0 saturated heterocycles. The Morgan fingerprint density at radius 3 is 2.38 bits per heavy atom. The minimum atomic E-state index is 0.270. The minimum Gasteiger partial charge on any atom is -0.227 e. The lowest BCUT2D eigenvalue weighted by Crippen LogP contribution is -2.21. The summed E-state index contributed by atoms with van der Waals surface area (Å²) in [5, 5.41) is 1.23. The third-order valence-electron chi connectivity index (χ3n) is 3.29. The number of unbranched alkanes of at least 4 members (excludes halogenated alkanes) is 3. The van der Waals surface area contributed by atoms with Gasteiger partial charge < -0.3 is 0 Å². The Hall–Kier alpha value is -0.440. The highest BCUT2D eigenvalue weighted by Gasteiger charge is 2.28. The fraction of sp³-hybridized carbons (Fsp3) is 0.846. The smallest absolute Gasteiger partial charge is 0.129 e. The first kappa shape index (κ1) is 13.6. The highest BCUT2D eigenvalue weighted by atomic mass is 32.1. The zero-order valence-corrected chi connectivity index (χ0v) is 11.6. The molecule has 0 saturated carbocycles. The molecule has 0 aliphatic heterocycles. The van der Waals surface area contributed by atoms with Crippen molar-refractivity contribution in [3.8, 4) is 0 Å². The van der Waals surface area contributed by atoms with Crippen molar-refractivity contribution < 1.29 is 0 Å². The molecule has 0 radical (unpaired) electrons. The first-order valence-corrected chi connectivity index (χ1v) is 7.27. The zero-order valence-electron chi connectivity index (χ0n) is 10.8. The molecule has 1 aromatic rings. The van der Waals surface area contributed by atoms with E-state index in [0.29, 0.717) is 0 Å². The van der Waals surface area contributed by atoms with Crippen LogP contribution in [-0.2, 0) is 5.41 Å². The second kappa shape index (κ2) is 7.00. The zero-order chi connectivity index (χ0) is 11.9. The minimum absolute atomic E-state index is 0.270. The molecule has 3 heteroatoms. The van der Waals surface area contributed by atoms with Crippen LogP contribution in [0.15, 0.2) is 6.33 Å². The molecular weight excluding hydrogens is 216 g/mol. The summed E-state index contributed by atoms with van der Waals surface area (Å²) in [6, 6.07) is 0. The molecule has 1 heterocycles. The topological polar surface area (TPSA) is 25.8 Å². The van der Waals surface area contributed by atoms with Gasteiger partial charge in [0.05, 0.1) is 0 Å². The second-order valence-electron chi connectivity index (χ2n) is 4.87. The van der Waals surface area contributed by atoms with Crippen molar-refractivity contribution in [1.29, 1.82) is 0 Å². The van der Waals surface area contributed by atoms with E-state index in [1.165, 1.54) is 50.0 Å². The summed E-state index contributed by atoms with van der Waals surface area (Å²) in [6.45, 7) is 6.87. The Kier molecular flexibility index (Phi) is 5.96. The van der Waals surface area contributed by atoms with Crippen LogP contribution >= 0.6 is 11.5 Å². The average molecular weight is 240 g/mol. The molecule has 1 unspecified atom stereocenters. The second-order valence-corrected chi connectivity index (χ2v) is 5.65. The Morgan fingerprint density at radius 1 is 1.12 bits per heavy atom. The van der Waals surface area contributed by atoms with Crippen molar-refractivity contribution in [1.82, 2.24) is 9.36 Å². The standard InChI is InChI=1S/C13H24N2S/c1-4-6-8-10-13(3,9-7-5-2)12-14-11-15-16-12/h11H,4-10H2,1-3H3. The molecule has 0 fully saturated rings. The van der Waals surface area contributed by atoms with Crippen molar-refractivity contribution in [2.75, 3.05) is 0 Å². The molecule has 1 rings (SSSR count). The summed E-state index contributed by atoms with van der Waals surface area (Å²) in [5.41, 5.74) is 0.270. The predicted molar refractivity (Wildman–Crippen MR) is 70.9 cm³/mol. The normalized spacial score (nSPS) is 14.9. The molecule has 16 heavy (non-hydrogen) atoms. The molecule has 0 bridgehead atoms. The number of aromatic nitrogens is 2. The Bertz CT molecular complexity index is 271. The van der Waals surface area contributed by atoms with E-state index in [1.54, 1.807) is 17.9 Å². The summed E-state index contributed by atoms with van der Waals surface area (Å²) >= 11 is 1.58. The van der Waals surface area contributed by atoms with Crippen LogP contribution in [-0.4, -0.2) is 9.36 Å². The molecule has 0 aliphatic rings. The molecule has 0 aromatic carbocycles. The van der Waals surface area contributed by atoms with Gasteiger partial charge in [-0.05, 0) is 24.4 Å². The van der Waals surface area contributed by atoms with Gasteiger partial charge in [-0.2, -0.15) is 4.37 Å². The van der Waals surface area contributed by atoms with Crippen LogP contribution in [0.25, 0.3) is 0 Å². The molecule has 1 atom stereocenters. The Balaban J connectivity index is 2.60. The van der Waals surface area contributed by atoms with Gasteiger partial charge in [0.1, 0.15) is 11.3 Å². The van der Waals surface area contributed by atoms with Gasteiger partial charge in [0.15, 0.2) is 0 Å². The van der Waals surface area contributed by atoms with Crippen LogP contribution in [0.3, 0.4) is 0 Å². The maximum atomic E-state index is 4.43. The SMILES string of the molecule is CCCCCC(C)(CCCC)c1ncns1. The van der Waals surface area contributed by atoms with Gasteiger partial charge in [-0.25, -0.2) is 4.98 Å². The maximum absolute atomic E-state index is 4.43. The average Bonchev–Trinajstić information content (AvgIpc) is 2.81. The Labute approximate surface area is 104 Å². The fourth-order valence-electron chi connectivity index (χ4n) is 2.11. The van der Waals surface area contributed by atoms with E-state index >= 15 is 0 Å². The number of nitrogens with zero attached hydrogens (tertiary/aromatic N) is 2. The van der Waals surface area contributed by atoms with E-state index < -0.39 is 0 Å². The van der Waals surface area contributed by atoms with E-state index in [1.807, 2.05) is 0 Å². The highest BCUT2D eigenvalue weighted by Crippen LogP contribution is 2.35. The number of hydrogen-bond donors (Lipinski definition) is 0. The molecular formula is C13H24N2S. The maximum Gasteiger partial charge on any atom is 0.129 e. The van der Waals surface area contributed by atoms with E-state index in [0.717, 1.165) is 0 Å². The monoisotopic (exact) mass is 240 g/mol. The fourth-order valence-corrected chi connectivity index (χ4v) is 2.82. The molecule has 0 aliphatic carbocycles. The molecule has 0 N–H and O–H groups in total. The molecule has 1 aromatic heterocycles. The highest BCUT2D eigenvalue weighted by molar-refractivity contribution is 7.05. The number of rotatable bonds is 8. The van der Waals surface area contributed by atoms with Crippen LogP contribution in [0, 0.1) is 0 Å². The van der Waals surface area contributed by atoms with Crippen molar-refractivity contribution in [2.45, 2.75) is 71.1 Å². The van der Waals surface area contributed by atoms with Crippen LogP contribution in [0.1, 0.15) is 70.7 Å². The summed E-state index contributed by atoms with van der Waals surface area (Å²) in [4.78, 5) is 4.43. The lowest BCUT2D eigenvalue weighted by Gasteiger charge is -2.26. The number of hydrogen-bond acceptors (Lipinski definition) is 3. The van der Waals surface area contributed by atoms with E-state index in [9.17, 15) is 0 Å². The van der Waals surface area contributed by atoms with Crippen LogP contribution < -0.4 is 0 Å². The van der Waals surface area contributed by atoms with Crippen LogP contribution in [0.2, 0.25) is 0 Å². The summed E-state index contributed by atoms with van der Waals surface area (Å²) in [6.07, 6.45) is 10.7. The van der Waals surface area contributed by atoms with E-state index in [-0.39, 0.29) is 5.41 Å². The van der Waals surface area contributed by atoms with Gasteiger partial charge in [0.2, 0.25) is 0 Å². The molecule has 0 amide bonds. The van der Waals surface area contributed by atoms with Crippen LogP contribution in [0.5, 0.6) is 0 Å². The molecule has 2 nitrogen and oxygen atoms in total. The van der Waals surface area contributed by atoms with E-state index in [2.05, 4.69) is 30.1 Å². The first-order chi connectivity index (χ1) is 7.73. The largest absolute Gasteiger partial charge is 0.227 e. The van der Waals surface area contributed by atoms with Gasteiger partial charge >= 0.3 is 0 Å². The van der Waals surface area contributed by atoms with Gasteiger partial charge in [-0.3, -0.25) is 0 Å². The van der Waals surface area contributed by atoms with Crippen molar-refractivity contribution in [2.24, 2.45) is 0 Å². The summed E-state index contributed by atoms with van der Waals surface area (Å²) < 4.78 is 4.16. The van der Waals surface area contributed by atoms with Crippen molar-refractivity contribution >= 4 is 11.5 Å². The van der Waals surface area contributed by atoms with Crippen molar-refractivity contribution in [3.05, 3.63) is 11.3 Å². The quantitative estimate of drug-likeness (QED) is 0.622. The third kappa shape index (κ3) is 3.85. The third-order valence-corrected chi connectivity index (χ3v) is 4.26. The molecule has 0 spiro atoms. The van der Waals surface area contributed by atoms with Gasteiger partial charge in [-0.1, -0.05) is 52.9 Å². The Morgan fingerprint density at radius 2 is 1.81 bits per heavy atom. The first-order valence-electron chi connectivity index (χ1n) is 6.50. The lowest BCUT2D eigenvalue weighted by atomic mass is 9.80. The molecule has 92 valence electrons. The predicted octanol–water partition coefficient (Wildman–Crippen LogP) is 4.57.